The van der Waals surface area contributed by atoms with Crippen LogP contribution in [0.3, 0.4) is 0 Å². The van der Waals surface area contributed by atoms with Crippen molar-refractivity contribution in [3.63, 3.8) is 0 Å². The van der Waals surface area contributed by atoms with Gasteiger partial charge in [0.25, 0.3) is 0 Å². The minimum absolute atomic E-state index is 0.310. The quantitative estimate of drug-likeness (QED) is 0.198. The maximum absolute atomic E-state index is 6.30. The average molecular weight is 487 g/mol. The minimum atomic E-state index is -2.70. The molecule has 0 amide bonds. The molecule has 1 aromatic rings. The monoisotopic (exact) mass is 486 g/mol. The fraction of sp³-hybridized carbons (Fsp3) is 0.727. The summed E-state index contributed by atoms with van der Waals surface area (Å²) in [5, 5.41) is 0. The number of hydrogen-bond donors (Lipinski definition) is 0. The molecule has 10 heteroatoms. The first-order chi connectivity index (χ1) is 15.5. The van der Waals surface area contributed by atoms with Crippen LogP contribution in [0.15, 0.2) is 18.2 Å². The van der Waals surface area contributed by atoms with Crippen molar-refractivity contribution in [2.45, 2.75) is 58.5 Å². The van der Waals surface area contributed by atoms with Crippen molar-refractivity contribution in [1.29, 1.82) is 0 Å². The van der Waals surface area contributed by atoms with Crippen LogP contribution in [0.1, 0.15) is 32.8 Å². The number of benzene rings is 1. The molecule has 2 aliphatic heterocycles. The van der Waals surface area contributed by atoms with E-state index in [1.165, 1.54) is 0 Å². The molecule has 0 N–H and O–H groups in total. The number of hydrogen-bond acceptors (Lipinski definition) is 8. The smallest absolute Gasteiger partial charge is 0.504 e. The van der Waals surface area contributed by atoms with E-state index in [-0.39, 0.29) is 0 Å². The van der Waals surface area contributed by atoms with Crippen LogP contribution in [0, 0.1) is 0 Å². The lowest BCUT2D eigenvalue weighted by atomic mass is 10.2. The molecular formula is C22H38O8Si2. The van der Waals surface area contributed by atoms with E-state index in [9.17, 15) is 0 Å². The lowest BCUT2D eigenvalue weighted by Gasteiger charge is -2.33. The van der Waals surface area contributed by atoms with E-state index in [1.54, 1.807) is 0 Å². The third kappa shape index (κ3) is 7.80. The van der Waals surface area contributed by atoms with Crippen LogP contribution in [0.4, 0.5) is 0 Å². The molecule has 0 aliphatic carbocycles. The molecule has 2 aliphatic rings. The summed E-state index contributed by atoms with van der Waals surface area (Å²) in [7, 11) is -4.95. The van der Waals surface area contributed by atoms with Crippen molar-refractivity contribution >= 4 is 17.4 Å². The highest BCUT2D eigenvalue weighted by Gasteiger charge is 2.40. The molecule has 3 rings (SSSR count). The zero-order valence-electron chi connectivity index (χ0n) is 19.9. The Labute approximate surface area is 194 Å². The Balaban J connectivity index is 1.47. The number of fused-ring (bicyclic) bond motifs is 1. The van der Waals surface area contributed by atoms with Gasteiger partial charge in [-0.05, 0) is 51.9 Å². The number of ether oxygens (including phenoxy) is 3. The van der Waals surface area contributed by atoms with Crippen molar-refractivity contribution in [3.8, 4) is 11.5 Å². The van der Waals surface area contributed by atoms with Crippen LogP contribution in [0.5, 0.6) is 11.5 Å². The highest BCUT2D eigenvalue weighted by atomic mass is 28.4. The molecule has 1 fully saturated rings. The zero-order valence-corrected chi connectivity index (χ0v) is 21.9. The maximum atomic E-state index is 6.30. The van der Waals surface area contributed by atoms with Gasteiger partial charge in [0.05, 0.1) is 32.5 Å². The van der Waals surface area contributed by atoms with E-state index in [0.717, 1.165) is 36.1 Å². The van der Waals surface area contributed by atoms with Crippen molar-refractivity contribution in [2.24, 2.45) is 0 Å². The van der Waals surface area contributed by atoms with Crippen molar-refractivity contribution in [2.75, 3.05) is 46.2 Å². The summed E-state index contributed by atoms with van der Waals surface area (Å²) in [5.74, 6) is 1.68. The Morgan fingerprint density at radius 1 is 1.06 bits per heavy atom. The van der Waals surface area contributed by atoms with Gasteiger partial charge in [0.2, 0.25) is 0 Å². The predicted octanol–water partition coefficient (Wildman–Crippen LogP) is 3.90. The van der Waals surface area contributed by atoms with E-state index in [4.69, 9.17) is 36.3 Å². The van der Waals surface area contributed by atoms with Gasteiger partial charge in [-0.15, -0.1) is 0 Å². The van der Waals surface area contributed by atoms with Crippen LogP contribution >= 0.6 is 0 Å². The molecule has 0 saturated carbocycles. The maximum Gasteiger partial charge on any atom is 0.504 e. The van der Waals surface area contributed by atoms with Gasteiger partial charge in [0.15, 0.2) is 0 Å². The molecule has 32 heavy (non-hydrogen) atoms. The molecular weight excluding hydrogens is 448 g/mol. The standard InChI is InChI=1S/C22H38O8Si2/c1-5-26-32(27-6-2,28-7-3)14-12-24-20-9-10-22-19(15-20)16-29-31(4,30-22)13-8-11-23-17-21-18-25-21/h9-10,15,21H,5-8,11-14,16-18H2,1-4H3. The van der Waals surface area contributed by atoms with Crippen molar-refractivity contribution in [3.05, 3.63) is 23.8 Å². The third-order valence-corrected chi connectivity index (χ3v) is 11.0. The van der Waals surface area contributed by atoms with Crippen LogP contribution in [0.25, 0.3) is 0 Å². The van der Waals surface area contributed by atoms with Gasteiger partial charge in [0, 0.05) is 38.0 Å². The third-order valence-electron chi connectivity index (χ3n) is 5.29. The SMILES string of the molecule is CCO[Si](CCOc1ccc2c(c1)CO[Si](C)(CCCOCC1CO1)O2)(OCC)OCC. The summed E-state index contributed by atoms with van der Waals surface area (Å²) in [5.41, 5.74) is 1.01. The Morgan fingerprint density at radius 3 is 2.44 bits per heavy atom. The normalized spacial score (nSPS) is 22.3. The van der Waals surface area contributed by atoms with E-state index in [2.05, 4.69) is 6.55 Å². The second kappa shape index (κ2) is 12.5. The molecule has 2 unspecified atom stereocenters. The van der Waals surface area contributed by atoms with Gasteiger partial charge in [-0.3, -0.25) is 0 Å². The second-order valence-electron chi connectivity index (χ2n) is 8.01. The molecule has 0 aromatic heterocycles. The molecule has 8 nitrogen and oxygen atoms in total. The molecule has 182 valence electrons. The molecule has 2 heterocycles. The van der Waals surface area contributed by atoms with Crippen molar-refractivity contribution < 1.29 is 36.3 Å². The molecule has 2 atom stereocenters. The van der Waals surface area contributed by atoms with E-state index in [1.807, 2.05) is 39.0 Å². The van der Waals surface area contributed by atoms with Gasteiger partial charge >= 0.3 is 17.4 Å². The van der Waals surface area contributed by atoms with Crippen molar-refractivity contribution in [1.82, 2.24) is 0 Å². The topological polar surface area (TPSA) is 77.1 Å². The summed E-state index contributed by atoms with van der Waals surface area (Å²) in [6, 6.07) is 7.43. The second-order valence-corrected chi connectivity index (χ2v) is 14.0. The Kier molecular flexibility index (Phi) is 9.99. The highest BCUT2D eigenvalue weighted by molar-refractivity contribution is 6.67. The van der Waals surface area contributed by atoms with Gasteiger partial charge in [0.1, 0.15) is 17.6 Å². The molecule has 1 aromatic carbocycles. The van der Waals surface area contributed by atoms with E-state index in [0.29, 0.717) is 58.4 Å². The molecule has 0 spiro atoms. The van der Waals surface area contributed by atoms with Gasteiger partial charge in [-0.2, -0.15) is 0 Å². The summed E-state index contributed by atoms with van der Waals surface area (Å²) >= 11 is 0. The fourth-order valence-corrected chi connectivity index (χ4v) is 8.21. The van der Waals surface area contributed by atoms with Gasteiger partial charge < -0.3 is 36.3 Å². The highest BCUT2D eigenvalue weighted by Crippen LogP contribution is 2.34. The first-order valence-electron chi connectivity index (χ1n) is 11.7. The lowest BCUT2D eigenvalue weighted by molar-refractivity contribution is 0.0675. The van der Waals surface area contributed by atoms with Crippen LogP contribution in [0.2, 0.25) is 18.6 Å². The largest absolute Gasteiger partial charge is 0.520 e. The first kappa shape index (κ1) is 25.6. The summed E-state index contributed by atoms with van der Waals surface area (Å²) in [6.45, 7) is 12.9. The lowest BCUT2D eigenvalue weighted by Crippen LogP contribution is -2.47. The van der Waals surface area contributed by atoms with Crippen LogP contribution in [-0.4, -0.2) is 69.7 Å². The van der Waals surface area contributed by atoms with E-state index < -0.39 is 17.4 Å². The van der Waals surface area contributed by atoms with Crippen LogP contribution < -0.4 is 9.16 Å². The Hall–Kier alpha value is -0.986. The predicted molar refractivity (Wildman–Crippen MR) is 124 cm³/mol. The Bertz CT molecular complexity index is 685. The van der Waals surface area contributed by atoms with Gasteiger partial charge in [-0.1, -0.05) is 0 Å². The van der Waals surface area contributed by atoms with Gasteiger partial charge in [-0.25, -0.2) is 0 Å². The van der Waals surface area contributed by atoms with E-state index >= 15 is 0 Å². The molecule has 1 saturated heterocycles. The number of rotatable bonds is 16. The zero-order chi connectivity index (χ0) is 22.9. The summed E-state index contributed by atoms with van der Waals surface area (Å²) in [4.78, 5) is 0. The Morgan fingerprint density at radius 2 is 1.78 bits per heavy atom. The first-order valence-corrected chi connectivity index (χ1v) is 16.2. The number of epoxide rings is 1. The summed E-state index contributed by atoms with van der Waals surface area (Å²) in [6.07, 6.45) is 1.24. The summed E-state index contributed by atoms with van der Waals surface area (Å²) < 4.78 is 46.9. The molecule has 0 radical (unpaired) electrons. The van der Waals surface area contributed by atoms with Crippen LogP contribution in [-0.2, 0) is 33.8 Å². The minimum Gasteiger partial charge on any atom is -0.520 e. The fourth-order valence-electron chi connectivity index (χ4n) is 3.64. The molecule has 0 bridgehead atoms. The average Bonchev–Trinajstić information content (AvgIpc) is 3.59.